The molecule has 2 bridgehead atoms. The SMILES string of the molecule is CC(C)(C)OC(=O)N1[C@H]2CC[C@H]1CC(OC1CCC(Oc3ccc(CCC#N)cc3)CC1)C2. The molecule has 1 saturated carbocycles. The van der Waals surface area contributed by atoms with Crippen molar-refractivity contribution in [2.45, 2.75) is 121 Å². The van der Waals surface area contributed by atoms with E-state index in [-0.39, 0.29) is 36.5 Å². The van der Waals surface area contributed by atoms with Gasteiger partial charge in [-0.15, -0.1) is 0 Å². The van der Waals surface area contributed by atoms with Gasteiger partial charge in [-0.05, 0) is 96.3 Å². The van der Waals surface area contributed by atoms with Crippen LogP contribution in [0.15, 0.2) is 24.3 Å². The van der Waals surface area contributed by atoms with Crippen LogP contribution in [0.1, 0.15) is 84.1 Å². The normalized spacial score (nSPS) is 29.4. The number of carbonyl (C=O) groups excluding carboxylic acids is 1. The topological polar surface area (TPSA) is 71.8 Å². The summed E-state index contributed by atoms with van der Waals surface area (Å²) in [5, 5.41) is 8.72. The number of piperidine rings is 1. The standard InChI is InChI=1S/C27H38N2O4/c1-27(2,3)33-26(30)29-20-8-9-21(29)18-25(17-20)32-24-14-12-23(13-15-24)31-22-10-6-19(7-11-22)5-4-16-28/h6-7,10-11,20-21,23-25H,4-5,8-9,12-15,17-18H2,1-3H3/t20-,21-,23?,24?/m0/s1. The van der Waals surface area contributed by atoms with Gasteiger partial charge in [-0.1, -0.05) is 12.1 Å². The van der Waals surface area contributed by atoms with Crippen LogP contribution in [0.5, 0.6) is 5.75 Å². The third-order valence-electron chi connectivity index (χ3n) is 7.05. The van der Waals surface area contributed by atoms with E-state index in [1.54, 1.807) is 0 Å². The molecule has 1 aromatic carbocycles. The van der Waals surface area contributed by atoms with Crippen molar-refractivity contribution in [3.8, 4) is 11.8 Å². The maximum Gasteiger partial charge on any atom is 0.410 e. The molecule has 3 fully saturated rings. The van der Waals surface area contributed by atoms with Crippen molar-refractivity contribution < 1.29 is 19.0 Å². The zero-order chi connectivity index (χ0) is 23.4. The third-order valence-corrected chi connectivity index (χ3v) is 7.05. The van der Waals surface area contributed by atoms with Crippen LogP contribution in [-0.2, 0) is 15.9 Å². The quantitative estimate of drug-likeness (QED) is 0.545. The highest BCUT2D eigenvalue weighted by Gasteiger charge is 2.45. The van der Waals surface area contributed by atoms with E-state index in [9.17, 15) is 4.79 Å². The van der Waals surface area contributed by atoms with Crippen molar-refractivity contribution in [3.63, 3.8) is 0 Å². The molecule has 0 N–H and O–H groups in total. The molecule has 2 heterocycles. The van der Waals surface area contributed by atoms with Crippen LogP contribution in [0, 0.1) is 11.3 Å². The summed E-state index contributed by atoms with van der Waals surface area (Å²) in [6.45, 7) is 5.78. The first kappa shape index (κ1) is 23.9. The minimum absolute atomic E-state index is 0.163. The Hall–Kier alpha value is -2.26. The molecule has 3 aliphatic rings. The van der Waals surface area contributed by atoms with Crippen molar-refractivity contribution in [2.75, 3.05) is 0 Å². The molecule has 2 saturated heterocycles. The molecule has 4 rings (SSSR count). The number of aryl methyl sites for hydroxylation is 1. The van der Waals surface area contributed by atoms with Crippen LogP contribution < -0.4 is 4.74 Å². The first-order chi connectivity index (χ1) is 15.8. The predicted octanol–water partition coefficient (Wildman–Crippen LogP) is 5.78. The van der Waals surface area contributed by atoms with Crippen molar-refractivity contribution in [1.82, 2.24) is 4.90 Å². The Labute approximate surface area is 198 Å². The predicted molar refractivity (Wildman–Crippen MR) is 126 cm³/mol. The Morgan fingerprint density at radius 3 is 2.15 bits per heavy atom. The second kappa shape index (κ2) is 10.3. The molecule has 1 aliphatic carbocycles. The van der Waals surface area contributed by atoms with Gasteiger partial charge >= 0.3 is 6.09 Å². The number of benzene rings is 1. The lowest BCUT2D eigenvalue weighted by Gasteiger charge is -2.41. The van der Waals surface area contributed by atoms with E-state index in [1.165, 1.54) is 5.56 Å². The Kier molecular flexibility index (Phi) is 7.48. The summed E-state index contributed by atoms with van der Waals surface area (Å²) in [6.07, 6.45) is 9.94. The zero-order valence-electron chi connectivity index (χ0n) is 20.3. The van der Waals surface area contributed by atoms with Gasteiger partial charge in [0.15, 0.2) is 0 Å². The fourth-order valence-electron chi connectivity index (χ4n) is 5.54. The molecular formula is C27H38N2O4. The minimum Gasteiger partial charge on any atom is -0.490 e. The molecule has 0 spiro atoms. The second-order valence-corrected chi connectivity index (χ2v) is 10.8. The molecule has 1 aromatic rings. The first-order valence-corrected chi connectivity index (χ1v) is 12.6. The summed E-state index contributed by atoms with van der Waals surface area (Å²) in [5.74, 6) is 0.908. The lowest BCUT2D eigenvalue weighted by Crippen LogP contribution is -2.50. The molecule has 2 atom stereocenters. The Morgan fingerprint density at radius 1 is 0.970 bits per heavy atom. The van der Waals surface area contributed by atoms with E-state index < -0.39 is 5.60 Å². The van der Waals surface area contributed by atoms with Crippen LogP contribution in [0.2, 0.25) is 0 Å². The molecule has 0 radical (unpaired) electrons. The summed E-state index contributed by atoms with van der Waals surface area (Å²) in [5.41, 5.74) is 0.719. The summed E-state index contributed by atoms with van der Waals surface area (Å²) >= 11 is 0. The first-order valence-electron chi connectivity index (χ1n) is 12.6. The maximum absolute atomic E-state index is 12.7. The smallest absolute Gasteiger partial charge is 0.410 e. The van der Waals surface area contributed by atoms with Crippen LogP contribution in [0.4, 0.5) is 4.79 Å². The van der Waals surface area contributed by atoms with Gasteiger partial charge in [0.2, 0.25) is 0 Å². The largest absolute Gasteiger partial charge is 0.490 e. The van der Waals surface area contributed by atoms with E-state index in [0.717, 1.165) is 63.5 Å². The van der Waals surface area contributed by atoms with Gasteiger partial charge in [-0.2, -0.15) is 5.26 Å². The maximum atomic E-state index is 12.7. The highest BCUT2D eigenvalue weighted by Crippen LogP contribution is 2.39. The van der Waals surface area contributed by atoms with Crippen LogP contribution in [0.25, 0.3) is 0 Å². The van der Waals surface area contributed by atoms with E-state index >= 15 is 0 Å². The van der Waals surface area contributed by atoms with Crippen LogP contribution >= 0.6 is 0 Å². The van der Waals surface area contributed by atoms with Gasteiger partial charge in [0.05, 0.1) is 24.4 Å². The fourth-order valence-corrected chi connectivity index (χ4v) is 5.54. The highest BCUT2D eigenvalue weighted by molar-refractivity contribution is 5.69. The molecular weight excluding hydrogens is 416 g/mol. The summed E-state index contributed by atoms with van der Waals surface area (Å²) in [6, 6.07) is 10.8. The average molecular weight is 455 g/mol. The Balaban J connectivity index is 1.20. The van der Waals surface area contributed by atoms with Gasteiger partial charge in [0.1, 0.15) is 11.4 Å². The lowest BCUT2D eigenvalue weighted by atomic mass is 9.93. The molecule has 33 heavy (non-hydrogen) atoms. The van der Waals surface area contributed by atoms with Gasteiger partial charge in [0, 0.05) is 18.5 Å². The van der Waals surface area contributed by atoms with Crippen molar-refractivity contribution in [3.05, 3.63) is 29.8 Å². The van der Waals surface area contributed by atoms with Crippen LogP contribution in [-0.4, -0.2) is 47.0 Å². The molecule has 1 amide bonds. The lowest BCUT2D eigenvalue weighted by molar-refractivity contribution is -0.0812. The van der Waals surface area contributed by atoms with Crippen LogP contribution in [0.3, 0.4) is 0 Å². The number of nitriles is 1. The molecule has 6 heteroatoms. The second-order valence-electron chi connectivity index (χ2n) is 10.8. The van der Waals surface area contributed by atoms with Crippen molar-refractivity contribution in [2.24, 2.45) is 0 Å². The summed E-state index contributed by atoms with van der Waals surface area (Å²) < 4.78 is 18.4. The summed E-state index contributed by atoms with van der Waals surface area (Å²) in [7, 11) is 0. The summed E-state index contributed by atoms with van der Waals surface area (Å²) in [4.78, 5) is 14.6. The Morgan fingerprint density at radius 2 is 1.58 bits per heavy atom. The molecule has 2 aliphatic heterocycles. The molecule has 180 valence electrons. The van der Waals surface area contributed by atoms with Crippen molar-refractivity contribution >= 4 is 6.09 Å². The van der Waals surface area contributed by atoms with Gasteiger partial charge < -0.3 is 19.1 Å². The number of nitrogens with zero attached hydrogens (tertiary/aromatic N) is 2. The van der Waals surface area contributed by atoms with Gasteiger partial charge in [-0.3, -0.25) is 0 Å². The molecule has 0 unspecified atom stereocenters. The highest BCUT2D eigenvalue weighted by atomic mass is 16.6. The monoisotopic (exact) mass is 454 g/mol. The van der Waals surface area contributed by atoms with Crippen molar-refractivity contribution in [1.29, 1.82) is 5.26 Å². The molecule has 0 aromatic heterocycles. The zero-order valence-corrected chi connectivity index (χ0v) is 20.3. The number of ether oxygens (including phenoxy) is 3. The third kappa shape index (κ3) is 6.41. The number of fused-ring (bicyclic) bond motifs is 2. The Bertz CT molecular complexity index is 819. The fraction of sp³-hybridized carbons (Fsp3) is 0.704. The number of hydrogen-bond donors (Lipinski definition) is 0. The van der Waals surface area contributed by atoms with E-state index in [0.29, 0.717) is 6.42 Å². The average Bonchev–Trinajstić information content (AvgIpc) is 3.04. The van der Waals surface area contributed by atoms with E-state index in [1.807, 2.05) is 37.8 Å². The van der Waals surface area contributed by atoms with Gasteiger partial charge in [-0.25, -0.2) is 4.79 Å². The minimum atomic E-state index is -0.454. The van der Waals surface area contributed by atoms with E-state index in [4.69, 9.17) is 19.5 Å². The number of amides is 1. The number of carbonyl (C=O) groups is 1. The van der Waals surface area contributed by atoms with E-state index in [2.05, 4.69) is 18.2 Å². The van der Waals surface area contributed by atoms with Gasteiger partial charge in [0.25, 0.3) is 0 Å². The molecule has 6 nitrogen and oxygen atoms in total. The number of rotatable bonds is 6. The number of hydrogen-bond acceptors (Lipinski definition) is 5.